The molecule has 3 rings (SSSR count). The summed E-state index contributed by atoms with van der Waals surface area (Å²) < 4.78 is 4.13. The maximum absolute atomic E-state index is 12.1. The number of nitrogens with zero attached hydrogens (tertiary/aromatic N) is 4. The Morgan fingerprint density at radius 2 is 2.05 bits per heavy atom. The highest BCUT2D eigenvalue weighted by molar-refractivity contribution is 9.10. The van der Waals surface area contributed by atoms with Crippen molar-refractivity contribution in [2.45, 2.75) is 6.92 Å². The zero-order chi connectivity index (χ0) is 15.1. The third kappa shape index (κ3) is 2.44. The summed E-state index contributed by atoms with van der Waals surface area (Å²) in [6, 6.07) is 3.64. The van der Waals surface area contributed by atoms with E-state index in [1.54, 1.807) is 30.2 Å². The van der Waals surface area contributed by atoms with Crippen LogP contribution < -0.4 is 10.9 Å². The van der Waals surface area contributed by atoms with Crippen LogP contribution in [0.25, 0.3) is 10.9 Å². The highest BCUT2D eigenvalue weighted by atomic mass is 79.9. The fourth-order valence-corrected chi connectivity index (χ4v) is 2.83. The van der Waals surface area contributed by atoms with Gasteiger partial charge in [-0.1, -0.05) is 0 Å². The maximum atomic E-state index is 12.1. The van der Waals surface area contributed by atoms with Crippen molar-refractivity contribution >= 4 is 38.3 Å². The second-order valence-corrected chi connectivity index (χ2v) is 5.82. The molecule has 0 saturated heterocycles. The van der Waals surface area contributed by atoms with E-state index in [4.69, 9.17) is 0 Å². The molecule has 3 aromatic rings. The highest BCUT2D eigenvalue weighted by Crippen LogP contribution is 2.21. The third-order valence-corrected chi connectivity index (χ3v) is 3.77. The van der Waals surface area contributed by atoms with E-state index in [9.17, 15) is 4.79 Å². The lowest BCUT2D eigenvalue weighted by atomic mass is 10.2. The van der Waals surface area contributed by atoms with Crippen molar-refractivity contribution in [1.82, 2.24) is 19.3 Å². The van der Waals surface area contributed by atoms with Gasteiger partial charge in [-0.25, -0.2) is 4.98 Å². The number of aryl methyl sites for hydroxylation is 3. The van der Waals surface area contributed by atoms with Crippen molar-refractivity contribution in [3.05, 3.63) is 45.0 Å². The van der Waals surface area contributed by atoms with Gasteiger partial charge in [0.1, 0.15) is 11.5 Å². The Kier molecular flexibility index (Phi) is 3.29. The minimum atomic E-state index is -0.108. The molecule has 6 nitrogen and oxygen atoms in total. The molecular formula is C14H14BrN5O. The highest BCUT2D eigenvalue weighted by Gasteiger charge is 2.09. The molecule has 0 aliphatic carbocycles. The Hall–Kier alpha value is -2.15. The first-order valence-electron chi connectivity index (χ1n) is 6.38. The first kappa shape index (κ1) is 13.8. The topological polar surface area (TPSA) is 64.7 Å². The molecule has 1 N–H and O–H groups in total. The number of halogens is 1. The van der Waals surface area contributed by atoms with Crippen LogP contribution in [-0.2, 0) is 14.1 Å². The standard InChI is InChI=1S/C14H14BrN5O/c1-8-10-5-13(16-6-12(10)20(3)18-8)17-11-4-9(15)7-19(2)14(11)21/h4-7H,1-3H3,(H,16,17). The molecule has 0 bridgehead atoms. The lowest BCUT2D eigenvalue weighted by Crippen LogP contribution is -2.19. The number of fused-ring (bicyclic) bond motifs is 1. The minimum absolute atomic E-state index is 0.108. The smallest absolute Gasteiger partial charge is 0.274 e. The summed E-state index contributed by atoms with van der Waals surface area (Å²) in [6.45, 7) is 1.95. The summed E-state index contributed by atoms with van der Waals surface area (Å²) in [6.07, 6.45) is 3.47. The Morgan fingerprint density at radius 3 is 2.81 bits per heavy atom. The van der Waals surface area contributed by atoms with Crippen LogP contribution in [-0.4, -0.2) is 19.3 Å². The molecule has 0 saturated carbocycles. The predicted octanol–water partition coefficient (Wildman–Crippen LogP) is 2.48. The largest absolute Gasteiger partial charge is 0.336 e. The van der Waals surface area contributed by atoms with Crippen molar-refractivity contribution < 1.29 is 0 Å². The lowest BCUT2D eigenvalue weighted by Gasteiger charge is -2.07. The molecule has 0 amide bonds. The molecule has 3 aromatic heterocycles. The first-order chi connectivity index (χ1) is 9.95. The number of hydrogen-bond acceptors (Lipinski definition) is 4. The van der Waals surface area contributed by atoms with Gasteiger partial charge < -0.3 is 9.88 Å². The molecule has 0 spiro atoms. The number of hydrogen-bond donors (Lipinski definition) is 1. The summed E-state index contributed by atoms with van der Waals surface area (Å²) in [7, 11) is 3.59. The van der Waals surface area contributed by atoms with Gasteiger partial charge in [0.25, 0.3) is 5.56 Å². The number of pyridine rings is 2. The molecule has 7 heteroatoms. The molecule has 21 heavy (non-hydrogen) atoms. The SMILES string of the molecule is Cc1nn(C)c2cnc(Nc3cc(Br)cn(C)c3=O)cc12. The third-order valence-electron chi connectivity index (χ3n) is 3.33. The van der Waals surface area contributed by atoms with E-state index in [0.29, 0.717) is 11.5 Å². The van der Waals surface area contributed by atoms with Crippen LogP contribution in [0, 0.1) is 6.92 Å². The fraction of sp³-hybridized carbons (Fsp3) is 0.214. The first-order valence-corrected chi connectivity index (χ1v) is 7.17. The van der Waals surface area contributed by atoms with E-state index >= 15 is 0 Å². The molecule has 0 unspecified atom stereocenters. The second kappa shape index (κ2) is 5.00. The van der Waals surface area contributed by atoms with Gasteiger partial charge in [0.15, 0.2) is 0 Å². The summed E-state index contributed by atoms with van der Waals surface area (Å²) >= 11 is 3.38. The quantitative estimate of drug-likeness (QED) is 0.773. The summed E-state index contributed by atoms with van der Waals surface area (Å²) in [4.78, 5) is 16.4. The Bertz CT molecular complexity index is 896. The van der Waals surface area contributed by atoms with E-state index in [1.165, 1.54) is 4.57 Å². The Morgan fingerprint density at radius 1 is 1.29 bits per heavy atom. The van der Waals surface area contributed by atoms with Crippen LogP contribution in [0.1, 0.15) is 5.69 Å². The maximum Gasteiger partial charge on any atom is 0.274 e. The van der Waals surface area contributed by atoms with Crippen LogP contribution in [0.2, 0.25) is 0 Å². The average molecular weight is 348 g/mol. The van der Waals surface area contributed by atoms with Crippen molar-refractivity contribution in [2.75, 3.05) is 5.32 Å². The van der Waals surface area contributed by atoms with E-state index in [-0.39, 0.29) is 5.56 Å². The van der Waals surface area contributed by atoms with Crippen molar-refractivity contribution in [3.8, 4) is 0 Å². The zero-order valence-electron chi connectivity index (χ0n) is 11.9. The predicted molar refractivity (Wildman–Crippen MR) is 85.9 cm³/mol. The Balaban J connectivity index is 2.06. The van der Waals surface area contributed by atoms with Gasteiger partial charge in [-0.05, 0) is 35.0 Å². The minimum Gasteiger partial charge on any atom is -0.336 e. The summed E-state index contributed by atoms with van der Waals surface area (Å²) in [5.41, 5.74) is 2.25. The molecule has 108 valence electrons. The fourth-order valence-electron chi connectivity index (χ4n) is 2.29. The Labute approximate surface area is 129 Å². The number of aromatic nitrogens is 4. The van der Waals surface area contributed by atoms with Gasteiger partial charge in [0.05, 0.1) is 17.4 Å². The van der Waals surface area contributed by atoms with Crippen LogP contribution in [0.15, 0.2) is 33.8 Å². The van der Waals surface area contributed by atoms with Crippen molar-refractivity contribution in [1.29, 1.82) is 0 Å². The van der Waals surface area contributed by atoms with Crippen LogP contribution in [0.3, 0.4) is 0 Å². The second-order valence-electron chi connectivity index (χ2n) is 4.91. The zero-order valence-corrected chi connectivity index (χ0v) is 13.5. The van der Waals surface area contributed by atoms with Gasteiger partial charge in [0.2, 0.25) is 0 Å². The van der Waals surface area contributed by atoms with E-state index in [2.05, 4.69) is 31.3 Å². The van der Waals surface area contributed by atoms with E-state index in [1.807, 2.05) is 20.0 Å². The normalized spacial score (nSPS) is 11.0. The van der Waals surface area contributed by atoms with Crippen molar-refractivity contribution in [3.63, 3.8) is 0 Å². The number of anilines is 2. The van der Waals surface area contributed by atoms with Crippen LogP contribution >= 0.6 is 15.9 Å². The molecule has 0 aromatic carbocycles. The molecule has 0 radical (unpaired) electrons. The van der Waals surface area contributed by atoms with Gasteiger partial charge in [-0.3, -0.25) is 9.48 Å². The monoisotopic (exact) mass is 347 g/mol. The van der Waals surface area contributed by atoms with Gasteiger partial charge >= 0.3 is 0 Å². The van der Waals surface area contributed by atoms with E-state index < -0.39 is 0 Å². The van der Waals surface area contributed by atoms with Crippen molar-refractivity contribution in [2.24, 2.45) is 14.1 Å². The molecule has 0 aliphatic heterocycles. The van der Waals surface area contributed by atoms with Gasteiger partial charge in [-0.2, -0.15) is 5.10 Å². The average Bonchev–Trinajstić information content (AvgIpc) is 2.70. The molecule has 0 fully saturated rings. The van der Waals surface area contributed by atoms with Gasteiger partial charge in [0, 0.05) is 30.2 Å². The van der Waals surface area contributed by atoms with Gasteiger partial charge in [-0.15, -0.1) is 0 Å². The summed E-state index contributed by atoms with van der Waals surface area (Å²) in [5, 5.41) is 8.45. The summed E-state index contributed by atoms with van der Waals surface area (Å²) in [5.74, 6) is 0.619. The molecule has 0 atom stereocenters. The molecular weight excluding hydrogens is 334 g/mol. The number of nitrogens with one attached hydrogen (secondary N) is 1. The number of rotatable bonds is 2. The van der Waals surface area contributed by atoms with Crippen LogP contribution in [0.5, 0.6) is 0 Å². The molecule has 3 heterocycles. The molecule has 0 aliphatic rings. The lowest BCUT2D eigenvalue weighted by molar-refractivity contribution is 0.782. The van der Waals surface area contributed by atoms with Crippen LogP contribution in [0.4, 0.5) is 11.5 Å². The van der Waals surface area contributed by atoms with E-state index in [0.717, 1.165) is 21.1 Å².